The quantitative estimate of drug-likeness (QED) is 0.0725. The number of carboxylic acid groups (broad SMARTS) is 2. The molecule has 0 spiro atoms. The number of carbonyl (C=O) groups excluding carboxylic acids is 4. The van der Waals surface area contributed by atoms with Crippen molar-refractivity contribution in [1.82, 2.24) is 4.90 Å². The zero-order valence-electron chi connectivity index (χ0n) is 35.0. The van der Waals surface area contributed by atoms with Crippen molar-refractivity contribution in [3.8, 4) is 0 Å². The Bertz CT molecular complexity index is 2480. The first kappa shape index (κ1) is 57.7. The van der Waals surface area contributed by atoms with E-state index in [0.29, 0.717) is 41.2 Å². The molecule has 2 aliphatic rings. The van der Waals surface area contributed by atoms with Gasteiger partial charge >= 0.3 is 63.3 Å². The van der Waals surface area contributed by atoms with E-state index in [4.69, 9.17) is 27.5 Å². The topological polar surface area (TPSA) is 186 Å². The third-order valence-corrected chi connectivity index (χ3v) is 9.54. The Balaban J connectivity index is 0.000000421. The molecule has 6 aromatic rings. The van der Waals surface area contributed by atoms with Gasteiger partial charge in [-0.3, -0.25) is 14.5 Å². The van der Waals surface area contributed by atoms with E-state index in [0.717, 1.165) is 33.4 Å². The molecule has 11 nitrogen and oxygen atoms in total. The zero-order valence-corrected chi connectivity index (χ0v) is 38.9. The minimum atomic E-state index is -1.23. The number of halogens is 1. The maximum Gasteiger partial charge on any atom is 1.00 e. The van der Waals surface area contributed by atoms with Crippen molar-refractivity contribution in [1.29, 1.82) is 0 Å². The molecule has 334 valence electrons. The number of imide groups is 2. The molecule has 8 rings (SSSR count). The van der Waals surface area contributed by atoms with Gasteiger partial charge in [0.05, 0.1) is 40.6 Å². The predicted molar refractivity (Wildman–Crippen MR) is 260 cm³/mol. The van der Waals surface area contributed by atoms with Crippen LogP contribution in [0.5, 0.6) is 0 Å². The van der Waals surface area contributed by atoms with Crippen LogP contribution in [0, 0.1) is 0 Å². The monoisotopic (exact) mass is 931 g/mol. The van der Waals surface area contributed by atoms with Crippen molar-refractivity contribution in [2.75, 3.05) is 0 Å². The van der Waals surface area contributed by atoms with E-state index in [9.17, 15) is 28.8 Å². The van der Waals surface area contributed by atoms with Crippen LogP contribution in [-0.4, -0.2) is 50.7 Å². The Kier molecular flexibility index (Phi) is 25.5. The number of aromatic carboxylic acids is 2. The van der Waals surface area contributed by atoms with Crippen LogP contribution in [0.2, 0.25) is 0 Å². The molecule has 0 aliphatic carbocycles. The Labute approximate surface area is 433 Å². The van der Waals surface area contributed by atoms with Gasteiger partial charge in [0.1, 0.15) is 0 Å². The summed E-state index contributed by atoms with van der Waals surface area (Å²) in [7, 11) is 0. The molecule has 0 bridgehead atoms. The van der Waals surface area contributed by atoms with Gasteiger partial charge in [-0.1, -0.05) is 174 Å². The van der Waals surface area contributed by atoms with Gasteiger partial charge in [0.2, 0.25) is 0 Å². The van der Waals surface area contributed by atoms with Gasteiger partial charge < -0.3 is 30.9 Å². The van der Waals surface area contributed by atoms with Crippen molar-refractivity contribution in [3.63, 3.8) is 0 Å². The zero-order chi connectivity index (χ0) is 45.9. The Hall–Kier alpha value is -6.35. The number of rotatable bonds is 9. The smallest absolute Gasteiger partial charge is 0.587 e. The van der Waals surface area contributed by atoms with Gasteiger partial charge in [0.15, 0.2) is 0 Å². The summed E-state index contributed by atoms with van der Waals surface area (Å²) < 4.78 is 0. The van der Waals surface area contributed by atoms with E-state index < -0.39 is 23.8 Å². The van der Waals surface area contributed by atoms with Gasteiger partial charge in [-0.25, -0.2) is 9.59 Å². The Morgan fingerprint density at radius 1 is 0.530 bits per heavy atom. The molecule has 0 saturated carbocycles. The largest absolute Gasteiger partial charge is 1.00 e. The van der Waals surface area contributed by atoms with Gasteiger partial charge in [-0.05, 0) is 57.6 Å². The average molecular weight is 933 g/mol. The molecule has 0 radical (unpaired) electrons. The fraction of sp³-hybridized carbons (Fsp3) is 0.0943. The third-order valence-electron chi connectivity index (χ3n) is 9.23. The molecule has 66 heavy (non-hydrogen) atoms. The fourth-order valence-corrected chi connectivity index (χ4v) is 5.96. The van der Waals surface area contributed by atoms with Crippen LogP contribution in [0.1, 0.15) is 110 Å². The van der Waals surface area contributed by atoms with E-state index in [1.807, 2.05) is 84.9 Å². The number of carbonyl (C=O) groups is 6. The van der Waals surface area contributed by atoms with E-state index in [1.165, 1.54) is 29.2 Å². The second-order valence-electron chi connectivity index (χ2n) is 13.3. The fourth-order valence-electron chi connectivity index (χ4n) is 5.78. The number of carboxylic acids is 2. The van der Waals surface area contributed by atoms with Gasteiger partial charge in [0, 0.05) is 23.6 Å². The second kappa shape index (κ2) is 29.2. The molecular formula is C53H51ClKN3O8. The van der Waals surface area contributed by atoms with Crippen LogP contribution in [0.4, 0.5) is 0 Å². The van der Waals surface area contributed by atoms with Crippen LogP contribution >= 0.6 is 11.6 Å². The summed E-state index contributed by atoms with van der Waals surface area (Å²) in [6.07, 6.45) is 5.39. The number of alkyl halides is 1. The van der Waals surface area contributed by atoms with E-state index in [2.05, 4.69) is 25.1 Å². The molecule has 2 heterocycles. The molecule has 6 aromatic carbocycles. The van der Waals surface area contributed by atoms with Crippen LogP contribution in [0.3, 0.4) is 0 Å². The number of fused-ring (bicyclic) bond motifs is 2. The molecule has 0 unspecified atom stereocenters. The number of hydrogen-bond donors (Lipinski definition) is 3. The van der Waals surface area contributed by atoms with Crippen LogP contribution in [-0.2, 0) is 19.0 Å². The van der Waals surface area contributed by atoms with Gasteiger partial charge in [0.25, 0.3) is 11.8 Å². The van der Waals surface area contributed by atoms with E-state index >= 15 is 0 Å². The van der Waals surface area contributed by atoms with Crippen molar-refractivity contribution in [2.45, 2.75) is 33.8 Å². The first-order valence-corrected chi connectivity index (χ1v) is 19.7. The van der Waals surface area contributed by atoms with E-state index in [1.54, 1.807) is 54.6 Å². The minimum absolute atomic E-state index is 0. The van der Waals surface area contributed by atoms with Gasteiger partial charge in [-0.15, -0.1) is 11.6 Å². The first-order valence-electron chi connectivity index (χ1n) is 19.2. The molecule has 2 aliphatic heterocycles. The van der Waals surface area contributed by atoms with Crippen LogP contribution in [0.25, 0.3) is 23.5 Å². The Morgan fingerprint density at radius 2 is 0.848 bits per heavy atom. The number of amides is 4. The van der Waals surface area contributed by atoms with Gasteiger partial charge in [-0.2, -0.15) is 0 Å². The van der Waals surface area contributed by atoms with E-state index in [-0.39, 0.29) is 89.2 Å². The number of hydrogen-bond acceptors (Lipinski definition) is 7. The maximum atomic E-state index is 12.2. The molecule has 0 atom stereocenters. The minimum Gasteiger partial charge on any atom is -0.587 e. The number of nitrogens with two attached hydrogens (primary N) is 1. The normalized spacial score (nSPS) is 11.0. The molecule has 0 saturated heterocycles. The van der Waals surface area contributed by atoms with Crippen molar-refractivity contribution < 1.29 is 90.4 Å². The molecule has 4 amide bonds. The summed E-state index contributed by atoms with van der Waals surface area (Å²) in [5, 5.41) is 20.4. The summed E-state index contributed by atoms with van der Waals surface area (Å²) in [4.78, 5) is 68.4. The van der Waals surface area contributed by atoms with Crippen LogP contribution < -0.4 is 57.1 Å². The molecule has 0 aromatic heterocycles. The second-order valence-corrected chi connectivity index (χ2v) is 13.6. The summed E-state index contributed by atoms with van der Waals surface area (Å²) in [5.74, 6) is -3.17. The summed E-state index contributed by atoms with van der Waals surface area (Å²) >= 11 is 5.60. The third kappa shape index (κ3) is 16.3. The van der Waals surface area contributed by atoms with Crippen molar-refractivity contribution in [3.05, 3.63) is 237 Å². The molecular weight excluding hydrogens is 881 g/mol. The molecule has 4 N–H and O–H groups in total. The SMILES string of the molecule is C.C.C=Cc1ccc(CCl)cc1.C=Cc1ccc(CN)cc1.C=Cc1ccc(CN2C(=O)c3ccccc3C2=O)cc1.O=C(O)c1ccccc1C(=O)O.O=C1[N-]C(=O)c2ccccc21.[K+]. The summed E-state index contributed by atoms with van der Waals surface area (Å²) in [6.45, 7) is 11.9. The van der Waals surface area contributed by atoms with Crippen molar-refractivity contribution >= 4 is 65.4 Å². The number of nitrogens with zero attached hydrogens (tertiary/aromatic N) is 2. The predicted octanol–water partition coefficient (Wildman–Crippen LogP) is 8.70. The summed E-state index contributed by atoms with van der Waals surface area (Å²) in [5.41, 5.74) is 13.3. The standard InChI is InChI=1S/C17H13NO2.C9H9Cl.C9H11N.C8H5NO2.C8H6O4.2CH4.K/c1-2-12-7-9-13(10-8-12)11-18-16(19)14-5-3-4-6-15(14)17(18)20;2*1-2-8-3-5-9(7-10)6-4-8;10-7-5-3-1-2-4-6(5)8(11)9-7;9-7(10)5-3-1-2-4-6(5)8(11)12;;;/h2-10H,1,11H2;2-6H,1,7H2;2-6H,1,7,10H2;1-4H,(H,9,10,11);1-4H,(H,9,10)(H,11,12);2*1H4;/q;;;;;;;+1/p-1. The molecule has 13 heteroatoms. The first-order chi connectivity index (χ1) is 30.3. The Morgan fingerprint density at radius 3 is 1.17 bits per heavy atom. The number of benzene rings is 6. The summed E-state index contributed by atoms with van der Waals surface area (Å²) in [6, 6.07) is 42.7. The molecule has 0 fully saturated rings. The van der Waals surface area contributed by atoms with Crippen molar-refractivity contribution in [2.24, 2.45) is 5.73 Å². The maximum absolute atomic E-state index is 12.2. The van der Waals surface area contributed by atoms with Crippen LogP contribution in [0.15, 0.2) is 165 Å². The average Bonchev–Trinajstić information content (AvgIpc) is 3.75.